The average Bonchev–Trinajstić information content (AvgIpc) is 3.22. The molecule has 4 aromatic rings. The molecule has 0 radical (unpaired) electrons. The van der Waals surface area contributed by atoms with E-state index in [1.54, 1.807) is 19.2 Å². The molecule has 1 N–H and O–H groups in total. The Kier molecular flexibility index (Phi) is 4.25. The zero-order chi connectivity index (χ0) is 18.8. The Morgan fingerprint density at radius 2 is 2.04 bits per heavy atom. The van der Waals surface area contributed by atoms with E-state index in [2.05, 4.69) is 20.5 Å². The smallest absolute Gasteiger partial charge is 0.257 e. The fourth-order valence-electron chi connectivity index (χ4n) is 2.83. The van der Waals surface area contributed by atoms with Crippen LogP contribution in [0.5, 0.6) is 5.75 Å². The molecule has 2 aromatic carbocycles. The Bertz CT molecular complexity index is 1120. The second kappa shape index (κ2) is 6.87. The number of carbonyl (C=O) groups excluding carboxylic acids is 1. The fourth-order valence-corrected chi connectivity index (χ4v) is 2.83. The van der Waals surface area contributed by atoms with E-state index < -0.39 is 0 Å². The third kappa shape index (κ3) is 3.35. The van der Waals surface area contributed by atoms with Gasteiger partial charge in [-0.25, -0.2) is 0 Å². The largest absolute Gasteiger partial charge is 0.497 e. The lowest BCUT2D eigenvalue weighted by Gasteiger charge is -2.10. The lowest BCUT2D eigenvalue weighted by Crippen LogP contribution is -2.14. The summed E-state index contributed by atoms with van der Waals surface area (Å²) in [5.74, 6) is 0.862. The molecule has 0 fully saturated rings. The Labute approximate surface area is 155 Å². The maximum Gasteiger partial charge on any atom is 0.257 e. The summed E-state index contributed by atoms with van der Waals surface area (Å²) in [6.45, 7) is 1.81. The molecule has 134 valence electrons. The second-order valence-electron chi connectivity index (χ2n) is 5.96. The Balaban J connectivity index is 1.65. The molecule has 2 heterocycles. The van der Waals surface area contributed by atoms with Crippen LogP contribution < -0.4 is 10.1 Å². The van der Waals surface area contributed by atoms with E-state index in [1.807, 2.05) is 43.3 Å². The van der Waals surface area contributed by atoms with Crippen molar-refractivity contribution in [2.24, 2.45) is 0 Å². The monoisotopic (exact) mass is 360 g/mol. The number of ether oxygens (including phenoxy) is 1. The molecule has 1 amide bonds. The summed E-state index contributed by atoms with van der Waals surface area (Å²) < 4.78 is 10.4. The number of rotatable bonds is 4. The topological polar surface area (TPSA) is 90.1 Å². The van der Waals surface area contributed by atoms with Crippen molar-refractivity contribution < 1.29 is 13.9 Å². The van der Waals surface area contributed by atoms with Gasteiger partial charge in [-0.2, -0.15) is 0 Å². The molecule has 7 heteroatoms. The summed E-state index contributed by atoms with van der Waals surface area (Å²) in [5, 5.41) is 11.3. The van der Waals surface area contributed by atoms with Crippen molar-refractivity contribution in [2.75, 3.05) is 12.4 Å². The molecule has 0 unspecified atom stereocenters. The summed E-state index contributed by atoms with van der Waals surface area (Å²) >= 11 is 0. The molecule has 2 aromatic heterocycles. The first-order valence-corrected chi connectivity index (χ1v) is 8.27. The number of hydrogen-bond acceptors (Lipinski definition) is 6. The third-order valence-electron chi connectivity index (χ3n) is 4.18. The van der Waals surface area contributed by atoms with E-state index in [0.29, 0.717) is 28.6 Å². The maximum atomic E-state index is 12.8. The maximum absolute atomic E-state index is 12.8. The zero-order valence-corrected chi connectivity index (χ0v) is 14.8. The van der Waals surface area contributed by atoms with Gasteiger partial charge in [0.1, 0.15) is 5.75 Å². The van der Waals surface area contributed by atoms with Crippen LogP contribution >= 0.6 is 0 Å². The molecule has 0 aliphatic carbocycles. The van der Waals surface area contributed by atoms with Gasteiger partial charge < -0.3 is 14.5 Å². The van der Waals surface area contributed by atoms with E-state index in [-0.39, 0.29) is 5.91 Å². The normalized spacial score (nSPS) is 10.7. The van der Waals surface area contributed by atoms with Crippen LogP contribution in [0, 0.1) is 6.92 Å². The van der Waals surface area contributed by atoms with E-state index >= 15 is 0 Å². The summed E-state index contributed by atoms with van der Waals surface area (Å²) in [7, 11) is 1.60. The van der Waals surface area contributed by atoms with Crippen LogP contribution in [0.2, 0.25) is 0 Å². The number of fused-ring (bicyclic) bond motifs is 1. The number of pyridine rings is 1. The van der Waals surface area contributed by atoms with E-state index in [0.717, 1.165) is 16.5 Å². The van der Waals surface area contributed by atoms with Crippen LogP contribution in [0.4, 0.5) is 5.69 Å². The molecule has 7 nitrogen and oxygen atoms in total. The van der Waals surface area contributed by atoms with Gasteiger partial charge in [0.2, 0.25) is 12.3 Å². The van der Waals surface area contributed by atoms with Gasteiger partial charge in [0.25, 0.3) is 5.91 Å². The molecule has 4 rings (SSSR count). The third-order valence-corrected chi connectivity index (χ3v) is 4.18. The van der Waals surface area contributed by atoms with Crippen LogP contribution in [-0.2, 0) is 0 Å². The SMILES string of the molecule is COc1ccc2nc(C)c(C(=O)Nc3cccc(-c4nnco4)c3)cc2c1. The minimum Gasteiger partial charge on any atom is -0.497 e. The molecule has 0 saturated carbocycles. The molecule has 0 aliphatic rings. The number of carbonyl (C=O) groups is 1. The van der Waals surface area contributed by atoms with Gasteiger partial charge in [0.05, 0.1) is 23.9 Å². The highest BCUT2D eigenvalue weighted by Crippen LogP contribution is 2.24. The summed E-state index contributed by atoms with van der Waals surface area (Å²) in [5.41, 5.74) is 3.31. The minimum absolute atomic E-state index is 0.243. The quantitative estimate of drug-likeness (QED) is 0.594. The molecular formula is C20H16N4O3. The number of aryl methyl sites for hydroxylation is 1. The number of anilines is 1. The predicted octanol–water partition coefficient (Wildman–Crippen LogP) is 3.85. The summed E-state index contributed by atoms with van der Waals surface area (Å²) in [6.07, 6.45) is 1.26. The number of hydrogen-bond donors (Lipinski definition) is 1. The van der Waals surface area contributed by atoms with Crippen molar-refractivity contribution in [2.45, 2.75) is 6.92 Å². The van der Waals surface area contributed by atoms with Crippen molar-refractivity contribution in [3.05, 3.63) is 66.2 Å². The first-order chi connectivity index (χ1) is 13.1. The van der Waals surface area contributed by atoms with Gasteiger partial charge in [0.15, 0.2) is 0 Å². The predicted molar refractivity (Wildman–Crippen MR) is 101 cm³/mol. The van der Waals surface area contributed by atoms with Crippen LogP contribution in [0.1, 0.15) is 16.1 Å². The molecule has 27 heavy (non-hydrogen) atoms. The second-order valence-corrected chi connectivity index (χ2v) is 5.96. The molecular weight excluding hydrogens is 344 g/mol. The number of methoxy groups -OCH3 is 1. The minimum atomic E-state index is -0.243. The number of nitrogens with zero attached hydrogens (tertiary/aromatic N) is 3. The number of amides is 1. The van der Waals surface area contributed by atoms with Gasteiger partial charge in [-0.15, -0.1) is 10.2 Å². The van der Waals surface area contributed by atoms with E-state index in [4.69, 9.17) is 9.15 Å². The summed E-state index contributed by atoms with van der Waals surface area (Å²) in [6, 6.07) is 14.6. The molecule has 0 aliphatic heterocycles. The molecule has 0 bridgehead atoms. The van der Waals surface area contributed by atoms with Gasteiger partial charge in [-0.3, -0.25) is 9.78 Å². The van der Waals surface area contributed by atoms with Crippen molar-refractivity contribution in [3.63, 3.8) is 0 Å². The highest BCUT2D eigenvalue weighted by molar-refractivity contribution is 6.07. The first kappa shape index (κ1) is 16.7. The summed E-state index contributed by atoms with van der Waals surface area (Å²) in [4.78, 5) is 17.3. The van der Waals surface area contributed by atoms with Crippen molar-refractivity contribution in [1.82, 2.24) is 15.2 Å². The Morgan fingerprint density at radius 3 is 2.81 bits per heavy atom. The standard InChI is InChI=1S/C20H16N4O3/c1-12-17(10-14-9-16(26-2)6-7-18(14)22-12)19(25)23-15-5-3-4-13(8-15)20-24-21-11-27-20/h3-11H,1-2H3,(H,23,25). The van der Waals surface area contributed by atoms with E-state index in [1.165, 1.54) is 6.39 Å². The Morgan fingerprint density at radius 1 is 1.15 bits per heavy atom. The zero-order valence-electron chi connectivity index (χ0n) is 14.8. The molecule has 0 saturated heterocycles. The first-order valence-electron chi connectivity index (χ1n) is 8.27. The van der Waals surface area contributed by atoms with Crippen molar-refractivity contribution >= 4 is 22.5 Å². The van der Waals surface area contributed by atoms with Crippen LogP contribution in [0.15, 0.2) is 59.3 Å². The number of nitrogens with one attached hydrogen (secondary N) is 1. The van der Waals surface area contributed by atoms with E-state index in [9.17, 15) is 4.79 Å². The average molecular weight is 360 g/mol. The highest BCUT2D eigenvalue weighted by Gasteiger charge is 2.13. The number of aromatic nitrogens is 3. The lowest BCUT2D eigenvalue weighted by molar-refractivity contribution is 0.102. The Hall–Kier alpha value is -3.74. The van der Waals surface area contributed by atoms with Gasteiger partial charge >= 0.3 is 0 Å². The van der Waals surface area contributed by atoms with Gasteiger partial charge in [-0.1, -0.05) is 6.07 Å². The van der Waals surface area contributed by atoms with Crippen LogP contribution in [0.3, 0.4) is 0 Å². The van der Waals surface area contributed by atoms with Gasteiger partial charge in [0, 0.05) is 16.6 Å². The van der Waals surface area contributed by atoms with Crippen molar-refractivity contribution in [3.8, 4) is 17.2 Å². The van der Waals surface area contributed by atoms with Crippen LogP contribution in [0.25, 0.3) is 22.4 Å². The molecule has 0 spiro atoms. The molecule has 0 atom stereocenters. The number of benzene rings is 2. The van der Waals surface area contributed by atoms with Gasteiger partial charge in [-0.05, 0) is 49.4 Å². The van der Waals surface area contributed by atoms with Crippen molar-refractivity contribution in [1.29, 1.82) is 0 Å². The fraction of sp³-hybridized carbons (Fsp3) is 0.100. The lowest BCUT2D eigenvalue weighted by atomic mass is 10.1. The highest BCUT2D eigenvalue weighted by atomic mass is 16.5. The van der Waals surface area contributed by atoms with Crippen LogP contribution in [-0.4, -0.2) is 28.2 Å².